The van der Waals surface area contributed by atoms with Gasteiger partial charge in [0.15, 0.2) is 5.06 Å². The third kappa shape index (κ3) is 4.80. The molecule has 0 bridgehead atoms. The van der Waals surface area contributed by atoms with Gasteiger partial charge in [-0.2, -0.15) is 12.8 Å². The smallest absolute Gasteiger partial charge is 0.311 e. The fourth-order valence-corrected chi connectivity index (χ4v) is 1.57. The van der Waals surface area contributed by atoms with E-state index in [1.54, 1.807) is 11.4 Å². The van der Waals surface area contributed by atoms with Gasteiger partial charge in [0.25, 0.3) is 0 Å². The van der Waals surface area contributed by atoms with Crippen molar-refractivity contribution >= 4 is 27.5 Å². The predicted octanol–water partition coefficient (Wildman–Crippen LogP) is 1.09. The molecule has 0 radical (unpaired) electrons. The second-order valence-corrected chi connectivity index (χ2v) is 3.75. The van der Waals surface area contributed by atoms with Crippen molar-refractivity contribution in [3.8, 4) is 5.06 Å². The van der Waals surface area contributed by atoms with Crippen LogP contribution in [-0.4, -0.2) is 26.6 Å². The molecule has 8 heteroatoms. The van der Waals surface area contributed by atoms with Gasteiger partial charge in [-0.05, 0) is 0 Å². The number of hydrogen-bond acceptors (Lipinski definition) is 7. The molecule has 1 aromatic heterocycles. The van der Waals surface area contributed by atoms with Crippen LogP contribution in [0.5, 0.6) is 5.06 Å². The fraction of sp³-hybridized carbons (Fsp3) is 0.333. The molecule has 0 amide bonds. The summed E-state index contributed by atoms with van der Waals surface area (Å²) in [5, 5.41) is 13.8. The Hall–Kier alpha value is -1.12. The highest BCUT2D eigenvalue weighted by molar-refractivity contribution is 7.61. The summed E-state index contributed by atoms with van der Waals surface area (Å²) in [5.41, 5.74) is 0.773. The van der Waals surface area contributed by atoms with Gasteiger partial charge in [0.05, 0.1) is 6.54 Å². The molecule has 0 saturated heterocycles. The molecule has 1 heterocycles. The van der Waals surface area contributed by atoms with Crippen molar-refractivity contribution in [3.63, 3.8) is 0 Å². The Morgan fingerprint density at radius 2 is 2.29 bits per heavy atom. The zero-order chi connectivity index (χ0) is 9.68. The van der Waals surface area contributed by atoms with E-state index >= 15 is 0 Å². The molecule has 5 N–H and O–H groups in total. The number of nitrogens with one attached hydrogen (secondary N) is 1. The highest BCUT2D eigenvalue weighted by Gasteiger charge is 1.95. The normalized spacial score (nSPS) is 8.86. The van der Waals surface area contributed by atoms with Crippen LogP contribution in [0.15, 0.2) is 15.8 Å². The largest absolute Gasteiger partial charge is 0.499 e. The Balaban J connectivity index is 0.00000169. The number of anilines is 1. The standard InChI is InChI=1S/C6H8N2O3S2.H3N/c9-6-3-5(4-12-6)7-1-2-8-13(10)11;/h3-4,7,9H,1-2H2;1H3. The zero-order valence-corrected chi connectivity index (χ0v) is 8.94. The summed E-state index contributed by atoms with van der Waals surface area (Å²) >= 11 is 1.21. The van der Waals surface area contributed by atoms with Crippen LogP contribution in [0.25, 0.3) is 0 Å². The molecule has 0 aromatic carbocycles. The van der Waals surface area contributed by atoms with E-state index in [9.17, 15) is 8.42 Å². The average Bonchev–Trinajstić information content (AvgIpc) is 2.45. The van der Waals surface area contributed by atoms with Crippen LogP contribution in [0.2, 0.25) is 0 Å². The number of rotatable bonds is 4. The number of nitrogens with zero attached hydrogens (tertiary/aromatic N) is 1. The molecule has 0 spiro atoms. The van der Waals surface area contributed by atoms with Gasteiger partial charge in [-0.3, -0.25) is 0 Å². The minimum atomic E-state index is -2.33. The van der Waals surface area contributed by atoms with Crippen molar-refractivity contribution in [3.05, 3.63) is 11.4 Å². The Labute approximate surface area is 86.9 Å². The second-order valence-electron chi connectivity index (χ2n) is 2.17. The van der Waals surface area contributed by atoms with E-state index in [4.69, 9.17) is 5.11 Å². The SMILES string of the molecule is N.O=S(=O)=NCCNc1csc(O)c1. The maximum absolute atomic E-state index is 9.98. The van der Waals surface area contributed by atoms with Crippen molar-refractivity contribution < 1.29 is 13.5 Å². The molecular weight excluding hydrogens is 226 g/mol. The van der Waals surface area contributed by atoms with Crippen molar-refractivity contribution in [1.82, 2.24) is 6.15 Å². The monoisotopic (exact) mass is 237 g/mol. The van der Waals surface area contributed by atoms with Gasteiger partial charge in [0.2, 0.25) is 0 Å². The molecule has 14 heavy (non-hydrogen) atoms. The van der Waals surface area contributed by atoms with E-state index in [0.717, 1.165) is 5.69 Å². The maximum Gasteiger partial charge on any atom is 0.311 e. The summed E-state index contributed by atoms with van der Waals surface area (Å²) in [6, 6.07) is 1.57. The van der Waals surface area contributed by atoms with Gasteiger partial charge in [-0.1, -0.05) is 0 Å². The van der Waals surface area contributed by atoms with Crippen LogP contribution in [0, 0.1) is 0 Å². The molecule has 1 aromatic rings. The molecule has 0 fully saturated rings. The van der Waals surface area contributed by atoms with E-state index < -0.39 is 10.5 Å². The minimum absolute atomic E-state index is 0. The molecule has 0 aliphatic rings. The molecule has 0 atom stereocenters. The van der Waals surface area contributed by atoms with Gasteiger partial charge in [0.1, 0.15) is 0 Å². The van der Waals surface area contributed by atoms with E-state index in [1.807, 2.05) is 0 Å². The van der Waals surface area contributed by atoms with E-state index in [1.165, 1.54) is 11.3 Å². The van der Waals surface area contributed by atoms with E-state index in [0.29, 0.717) is 6.54 Å². The molecule has 0 saturated carbocycles. The second kappa shape index (κ2) is 6.35. The average molecular weight is 237 g/mol. The van der Waals surface area contributed by atoms with Crippen LogP contribution in [0.1, 0.15) is 0 Å². The lowest BCUT2D eigenvalue weighted by molar-refractivity contribution is 0.491. The van der Waals surface area contributed by atoms with Crippen LogP contribution in [-0.2, 0) is 10.5 Å². The zero-order valence-electron chi connectivity index (χ0n) is 7.30. The van der Waals surface area contributed by atoms with Crippen LogP contribution in [0.3, 0.4) is 0 Å². The summed E-state index contributed by atoms with van der Waals surface area (Å²) in [6.45, 7) is 0.636. The third-order valence-corrected chi connectivity index (χ3v) is 2.35. The highest BCUT2D eigenvalue weighted by Crippen LogP contribution is 2.24. The molecular formula is C6H11N3O3S2. The van der Waals surface area contributed by atoms with Gasteiger partial charge in [-0.15, -0.1) is 11.3 Å². The first-order chi connectivity index (χ1) is 6.18. The van der Waals surface area contributed by atoms with Gasteiger partial charge >= 0.3 is 10.5 Å². The molecule has 0 aliphatic carbocycles. The molecule has 0 aliphatic heterocycles. The van der Waals surface area contributed by atoms with Crippen LogP contribution in [0.4, 0.5) is 5.69 Å². The van der Waals surface area contributed by atoms with Crippen molar-refractivity contribution in [2.24, 2.45) is 4.36 Å². The Kier molecular flexibility index (Phi) is 5.84. The quantitative estimate of drug-likeness (QED) is 0.678. The lowest BCUT2D eigenvalue weighted by Gasteiger charge is -1.97. The van der Waals surface area contributed by atoms with Crippen LogP contribution >= 0.6 is 11.3 Å². The highest BCUT2D eigenvalue weighted by atomic mass is 32.2. The lowest BCUT2D eigenvalue weighted by atomic mass is 10.5. The van der Waals surface area contributed by atoms with Crippen molar-refractivity contribution in [1.29, 1.82) is 0 Å². The summed E-state index contributed by atoms with van der Waals surface area (Å²) in [6.07, 6.45) is 0. The number of hydrogen-bond donors (Lipinski definition) is 3. The molecule has 1 rings (SSSR count). The summed E-state index contributed by atoms with van der Waals surface area (Å²) < 4.78 is 23.2. The van der Waals surface area contributed by atoms with Crippen molar-refractivity contribution in [2.75, 3.05) is 18.4 Å². The summed E-state index contributed by atoms with van der Waals surface area (Å²) in [5.74, 6) is 0. The maximum atomic E-state index is 9.98. The summed E-state index contributed by atoms with van der Waals surface area (Å²) in [4.78, 5) is 0. The Morgan fingerprint density at radius 1 is 1.57 bits per heavy atom. The third-order valence-electron chi connectivity index (χ3n) is 1.22. The number of thiophene rings is 1. The first kappa shape index (κ1) is 12.9. The van der Waals surface area contributed by atoms with Gasteiger partial charge < -0.3 is 16.6 Å². The lowest BCUT2D eigenvalue weighted by Crippen LogP contribution is -2.03. The van der Waals surface area contributed by atoms with Gasteiger partial charge in [0, 0.05) is 23.7 Å². The molecule has 0 unspecified atom stereocenters. The topological polar surface area (TPSA) is 114 Å². The van der Waals surface area contributed by atoms with E-state index in [-0.39, 0.29) is 17.8 Å². The van der Waals surface area contributed by atoms with E-state index in [2.05, 4.69) is 9.68 Å². The Bertz CT molecular complexity index is 390. The number of aromatic hydroxyl groups is 1. The van der Waals surface area contributed by atoms with Crippen molar-refractivity contribution in [2.45, 2.75) is 0 Å². The summed E-state index contributed by atoms with van der Waals surface area (Å²) in [7, 11) is -2.33. The minimum Gasteiger partial charge on any atom is -0.499 e. The first-order valence-corrected chi connectivity index (χ1v) is 5.38. The molecule has 6 nitrogen and oxygen atoms in total. The van der Waals surface area contributed by atoms with Crippen LogP contribution < -0.4 is 11.5 Å². The first-order valence-electron chi connectivity index (χ1n) is 3.47. The fourth-order valence-electron chi connectivity index (χ4n) is 0.738. The molecule has 80 valence electrons. The predicted molar refractivity (Wildman–Crippen MR) is 55.7 cm³/mol. The Morgan fingerprint density at radius 3 is 2.79 bits per heavy atom. The van der Waals surface area contributed by atoms with Gasteiger partial charge in [-0.25, -0.2) is 0 Å².